The van der Waals surface area contributed by atoms with Crippen LogP contribution in [-0.4, -0.2) is 17.7 Å². The minimum atomic E-state index is -0.535. The van der Waals surface area contributed by atoms with Crippen LogP contribution in [0.15, 0.2) is 78.9 Å². The molecular weight excluding hydrogens is 366 g/mol. The zero-order valence-electron chi connectivity index (χ0n) is 15.9. The van der Waals surface area contributed by atoms with E-state index < -0.39 is 11.8 Å². The highest BCUT2D eigenvalue weighted by Crippen LogP contribution is 2.16. The number of aryl methyl sites for hydroxylation is 1. The summed E-state index contributed by atoms with van der Waals surface area (Å²) in [4.78, 5) is 37.2. The Morgan fingerprint density at radius 1 is 0.655 bits per heavy atom. The van der Waals surface area contributed by atoms with Gasteiger partial charge in [-0.05, 0) is 48.4 Å². The van der Waals surface area contributed by atoms with E-state index in [1.54, 1.807) is 60.7 Å². The minimum absolute atomic E-state index is 0.235. The van der Waals surface area contributed by atoms with Gasteiger partial charge in [0.1, 0.15) is 0 Å². The van der Waals surface area contributed by atoms with Gasteiger partial charge in [0.05, 0.1) is 11.3 Å². The molecule has 3 aromatic rings. The maximum Gasteiger partial charge on any atom is 0.271 e. The Balaban J connectivity index is 1.66. The fourth-order valence-corrected chi connectivity index (χ4v) is 2.72. The summed E-state index contributed by atoms with van der Waals surface area (Å²) in [5.41, 5.74) is 7.40. The Morgan fingerprint density at radius 2 is 1.24 bits per heavy atom. The fraction of sp³-hybridized carbons (Fsp3) is 0.0870. The van der Waals surface area contributed by atoms with Gasteiger partial charge in [0, 0.05) is 11.1 Å². The summed E-state index contributed by atoms with van der Waals surface area (Å²) < 4.78 is 0. The number of hydrogen-bond acceptors (Lipinski definition) is 3. The van der Waals surface area contributed by atoms with Gasteiger partial charge in [0.15, 0.2) is 0 Å². The van der Waals surface area contributed by atoms with Crippen molar-refractivity contribution in [2.75, 3.05) is 5.32 Å². The first-order valence-corrected chi connectivity index (χ1v) is 9.23. The maximum atomic E-state index is 12.5. The maximum absolute atomic E-state index is 12.5. The van der Waals surface area contributed by atoms with Crippen molar-refractivity contribution < 1.29 is 14.4 Å². The molecule has 6 heteroatoms. The van der Waals surface area contributed by atoms with Gasteiger partial charge in [-0.25, -0.2) is 0 Å². The molecule has 0 aliphatic carbocycles. The van der Waals surface area contributed by atoms with Gasteiger partial charge in [0.25, 0.3) is 17.7 Å². The van der Waals surface area contributed by atoms with Gasteiger partial charge < -0.3 is 5.32 Å². The number of hydrogen-bond donors (Lipinski definition) is 3. The Morgan fingerprint density at radius 3 is 1.93 bits per heavy atom. The zero-order chi connectivity index (χ0) is 20.6. The summed E-state index contributed by atoms with van der Waals surface area (Å²) in [6.45, 7) is 2.03. The van der Waals surface area contributed by atoms with Crippen LogP contribution >= 0.6 is 0 Å². The minimum Gasteiger partial charge on any atom is -0.321 e. The molecule has 0 fully saturated rings. The molecular formula is C23H21N3O3. The van der Waals surface area contributed by atoms with E-state index >= 15 is 0 Å². The number of anilines is 1. The molecule has 0 unspecified atom stereocenters. The number of para-hydroxylation sites is 1. The van der Waals surface area contributed by atoms with Gasteiger partial charge in [-0.15, -0.1) is 0 Å². The number of rotatable bonds is 5. The van der Waals surface area contributed by atoms with Crippen molar-refractivity contribution in [3.05, 3.63) is 101 Å². The Kier molecular flexibility index (Phi) is 6.37. The monoisotopic (exact) mass is 387 g/mol. The van der Waals surface area contributed by atoms with Crippen LogP contribution in [0.2, 0.25) is 0 Å². The highest BCUT2D eigenvalue weighted by atomic mass is 16.2. The quantitative estimate of drug-likeness (QED) is 0.585. The lowest BCUT2D eigenvalue weighted by Crippen LogP contribution is -2.41. The van der Waals surface area contributed by atoms with Crippen molar-refractivity contribution in [3.63, 3.8) is 0 Å². The normalized spacial score (nSPS) is 10.1. The highest BCUT2D eigenvalue weighted by Gasteiger charge is 2.15. The van der Waals surface area contributed by atoms with Crippen LogP contribution in [0.3, 0.4) is 0 Å². The second kappa shape index (κ2) is 9.32. The van der Waals surface area contributed by atoms with E-state index in [0.717, 1.165) is 12.0 Å². The molecule has 0 radical (unpaired) electrons. The molecule has 3 N–H and O–H groups in total. The van der Waals surface area contributed by atoms with E-state index in [1.165, 1.54) is 0 Å². The average molecular weight is 387 g/mol. The summed E-state index contributed by atoms with van der Waals surface area (Å²) in [5.74, 6) is -1.29. The molecule has 0 spiro atoms. The molecule has 6 nitrogen and oxygen atoms in total. The van der Waals surface area contributed by atoms with Crippen LogP contribution in [0.4, 0.5) is 5.69 Å². The highest BCUT2D eigenvalue weighted by molar-refractivity contribution is 6.09. The van der Waals surface area contributed by atoms with Gasteiger partial charge in [-0.3, -0.25) is 25.2 Å². The molecule has 0 bridgehead atoms. The first kappa shape index (κ1) is 19.8. The predicted octanol–water partition coefficient (Wildman–Crippen LogP) is 3.58. The largest absolute Gasteiger partial charge is 0.321 e. The molecule has 3 rings (SSSR count). The summed E-state index contributed by atoms with van der Waals surface area (Å²) in [5, 5.41) is 2.73. The van der Waals surface area contributed by atoms with E-state index in [9.17, 15) is 14.4 Å². The molecule has 146 valence electrons. The van der Waals surface area contributed by atoms with Crippen molar-refractivity contribution in [1.29, 1.82) is 0 Å². The smallest absolute Gasteiger partial charge is 0.271 e. The Labute approximate surface area is 168 Å². The van der Waals surface area contributed by atoms with Gasteiger partial charge in [0.2, 0.25) is 0 Å². The van der Waals surface area contributed by atoms with Crippen LogP contribution in [0.5, 0.6) is 0 Å². The van der Waals surface area contributed by atoms with E-state index in [4.69, 9.17) is 0 Å². The number of benzene rings is 3. The Hall–Kier alpha value is -3.93. The van der Waals surface area contributed by atoms with Crippen LogP contribution in [0.25, 0.3) is 0 Å². The van der Waals surface area contributed by atoms with Crippen molar-refractivity contribution in [1.82, 2.24) is 10.9 Å². The molecule has 3 aromatic carbocycles. The second-order valence-corrected chi connectivity index (χ2v) is 6.32. The van der Waals surface area contributed by atoms with Crippen LogP contribution < -0.4 is 16.2 Å². The number of nitrogens with one attached hydrogen (secondary N) is 3. The molecule has 29 heavy (non-hydrogen) atoms. The van der Waals surface area contributed by atoms with Gasteiger partial charge in [-0.1, -0.05) is 49.4 Å². The summed E-state index contributed by atoms with van der Waals surface area (Å²) in [6, 6.07) is 22.4. The molecule has 3 amide bonds. The van der Waals surface area contributed by atoms with Crippen molar-refractivity contribution >= 4 is 23.4 Å². The number of amides is 3. The van der Waals surface area contributed by atoms with E-state index in [1.807, 2.05) is 25.1 Å². The lowest BCUT2D eigenvalue weighted by molar-refractivity contribution is 0.0847. The molecule has 0 saturated carbocycles. The molecule has 0 atom stereocenters. The Bertz CT molecular complexity index is 1020. The topological polar surface area (TPSA) is 87.3 Å². The second-order valence-electron chi connectivity index (χ2n) is 6.32. The summed E-state index contributed by atoms with van der Waals surface area (Å²) >= 11 is 0. The number of hydrazine groups is 1. The van der Waals surface area contributed by atoms with Gasteiger partial charge >= 0.3 is 0 Å². The van der Waals surface area contributed by atoms with Crippen LogP contribution in [0.1, 0.15) is 43.6 Å². The van der Waals surface area contributed by atoms with E-state index in [0.29, 0.717) is 16.8 Å². The summed E-state index contributed by atoms with van der Waals surface area (Å²) in [7, 11) is 0. The van der Waals surface area contributed by atoms with Gasteiger partial charge in [-0.2, -0.15) is 0 Å². The number of carbonyl (C=O) groups excluding carboxylic acids is 3. The zero-order valence-corrected chi connectivity index (χ0v) is 15.9. The first-order chi connectivity index (χ1) is 14.1. The third-order valence-electron chi connectivity index (χ3n) is 4.37. The lowest BCUT2D eigenvalue weighted by Gasteiger charge is -2.12. The number of carbonyl (C=O) groups is 3. The SMILES string of the molecule is CCc1ccc(C(=O)NNC(=O)c2ccccc2NC(=O)c2ccccc2)cc1. The molecule has 0 saturated heterocycles. The van der Waals surface area contributed by atoms with Crippen molar-refractivity contribution in [2.24, 2.45) is 0 Å². The molecule has 0 aliphatic heterocycles. The van der Waals surface area contributed by atoms with Crippen LogP contribution in [0, 0.1) is 0 Å². The molecule has 0 aromatic heterocycles. The third-order valence-corrected chi connectivity index (χ3v) is 4.37. The average Bonchev–Trinajstić information content (AvgIpc) is 2.78. The van der Waals surface area contributed by atoms with E-state index in [-0.39, 0.29) is 11.5 Å². The van der Waals surface area contributed by atoms with E-state index in [2.05, 4.69) is 16.2 Å². The van der Waals surface area contributed by atoms with Crippen molar-refractivity contribution in [2.45, 2.75) is 13.3 Å². The molecule has 0 aliphatic rings. The molecule has 0 heterocycles. The summed E-state index contributed by atoms with van der Waals surface area (Å²) in [6.07, 6.45) is 0.879. The standard InChI is InChI=1S/C23H21N3O3/c1-2-16-12-14-18(15-13-16)22(28)25-26-23(29)19-10-6-7-11-20(19)24-21(27)17-8-4-3-5-9-17/h3-15H,2H2,1H3,(H,24,27)(H,25,28)(H,26,29). The first-order valence-electron chi connectivity index (χ1n) is 9.23. The lowest BCUT2D eigenvalue weighted by atomic mass is 10.1. The fourth-order valence-electron chi connectivity index (χ4n) is 2.72. The van der Waals surface area contributed by atoms with Crippen LogP contribution in [-0.2, 0) is 6.42 Å². The third kappa shape index (κ3) is 5.07. The predicted molar refractivity (Wildman–Crippen MR) is 112 cm³/mol. The van der Waals surface area contributed by atoms with Crippen molar-refractivity contribution in [3.8, 4) is 0 Å².